The average Bonchev–Trinajstić information content (AvgIpc) is 3.21. The Balaban J connectivity index is 1.33. The maximum atomic E-state index is 14.0. The third-order valence-electron chi connectivity index (χ3n) is 11.2. The van der Waals surface area contributed by atoms with Crippen molar-refractivity contribution in [3.05, 3.63) is 89.5 Å². The van der Waals surface area contributed by atoms with Crippen LogP contribution in [0.3, 0.4) is 0 Å². The first-order valence-electron chi connectivity index (χ1n) is 20.2. The summed E-state index contributed by atoms with van der Waals surface area (Å²) in [7, 11) is 1.18. The molecule has 320 valence electrons. The summed E-state index contributed by atoms with van der Waals surface area (Å²) < 4.78 is 41.7. The Morgan fingerprint density at radius 1 is 0.915 bits per heavy atom. The van der Waals surface area contributed by atoms with E-state index in [1.54, 1.807) is 68.5 Å². The molecular formula is C44H55NO14. The maximum Gasteiger partial charge on any atom is 0.339 e. The molecule has 6 bridgehead atoms. The van der Waals surface area contributed by atoms with Crippen LogP contribution in [0.2, 0.25) is 0 Å². The van der Waals surface area contributed by atoms with Crippen molar-refractivity contribution >= 4 is 29.5 Å². The van der Waals surface area contributed by atoms with Gasteiger partial charge in [0.05, 0.1) is 62.8 Å². The SMILES string of the molecule is COC(=O)/C=C1\C[C@H]2C[C@H](CO)OC(=O)C[C@H](O)C[C@@H]3CCC[C@H](C[C@@H]4CCO[C@H](/C=C/C(C)(C)[C@](O)(O2)[C@H]1OC(=O)c1cccc(NC(=O)c2ccccc2)c1)O4)O3. The number of anilines is 1. The Labute approximate surface area is 343 Å². The number of amides is 1. The van der Waals surface area contributed by atoms with Gasteiger partial charge in [0.25, 0.3) is 5.91 Å². The molecule has 1 amide bonds. The third-order valence-corrected chi connectivity index (χ3v) is 11.2. The van der Waals surface area contributed by atoms with Crippen LogP contribution in [0, 0.1) is 5.41 Å². The van der Waals surface area contributed by atoms with Crippen LogP contribution < -0.4 is 5.32 Å². The van der Waals surface area contributed by atoms with Gasteiger partial charge in [-0.25, -0.2) is 9.59 Å². The van der Waals surface area contributed by atoms with Crippen LogP contribution in [-0.4, -0.2) is 114 Å². The third kappa shape index (κ3) is 11.4. The zero-order chi connectivity index (χ0) is 42.2. The van der Waals surface area contributed by atoms with E-state index in [0.717, 1.165) is 25.3 Å². The summed E-state index contributed by atoms with van der Waals surface area (Å²) in [5, 5.41) is 36.8. The van der Waals surface area contributed by atoms with Gasteiger partial charge in [-0.3, -0.25) is 9.59 Å². The second kappa shape index (κ2) is 19.7. The largest absolute Gasteiger partial charge is 0.466 e. The minimum atomic E-state index is -2.42. The molecule has 4 heterocycles. The fourth-order valence-corrected chi connectivity index (χ4v) is 8.01. The molecule has 15 heteroatoms. The highest BCUT2D eigenvalue weighted by Crippen LogP contribution is 2.47. The van der Waals surface area contributed by atoms with Crippen LogP contribution in [0.4, 0.5) is 5.69 Å². The van der Waals surface area contributed by atoms with Crippen LogP contribution >= 0.6 is 0 Å². The van der Waals surface area contributed by atoms with E-state index in [1.807, 2.05) is 0 Å². The highest BCUT2D eigenvalue weighted by atomic mass is 16.7. The van der Waals surface area contributed by atoms with Gasteiger partial charge in [0, 0.05) is 35.6 Å². The normalized spacial score (nSPS) is 32.8. The second-order valence-electron chi connectivity index (χ2n) is 16.1. The van der Waals surface area contributed by atoms with Gasteiger partial charge in [0.2, 0.25) is 5.79 Å². The minimum Gasteiger partial charge on any atom is -0.466 e. The molecule has 2 aromatic rings. The van der Waals surface area contributed by atoms with Gasteiger partial charge < -0.3 is 53.8 Å². The van der Waals surface area contributed by atoms with Crippen molar-refractivity contribution in [1.82, 2.24) is 0 Å². The summed E-state index contributed by atoms with van der Waals surface area (Å²) >= 11 is 0. The smallest absolute Gasteiger partial charge is 0.339 e. The Bertz CT molecular complexity index is 1850. The molecule has 15 nitrogen and oxygen atoms in total. The molecule has 3 fully saturated rings. The highest BCUT2D eigenvalue weighted by Gasteiger charge is 2.57. The first-order valence-corrected chi connectivity index (χ1v) is 20.2. The standard InChI is InChI=1S/C44H55NO14/c1-43(2)17-15-39-54-18-16-34(57-39)24-33-14-8-13-32(55-33)22-31(47)23-38(49)56-36(26-46)25-35-20-29(21-37(48)53-3)40(44(43,52)59-35)58-42(51)28-11-7-12-30(19-28)45-41(50)27-9-5-4-6-10-27/h4-7,9-12,15,17,19,21,31-36,39-40,46-47,52H,8,13-14,16,18,20,22-26H2,1-3H3,(H,45,50)/b17-15+,29-21+/t31-,32+,33-,34+,35+,36-,39+,40+,44-/m1/s1. The number of ether oxygens (including phenoxy) is 7. The fraction of sp³-hybridized carbons (Fsp3) is 0.545. The zero-order valence-electron chi connectivity index (χ0n) is 33.7. The van der Waals surface area contributed by atoms with Crippen LogP contribution in [-0.2, 0) is 42.7 Å². The molecule has 59 heavy (non-hydrogen) atoms. The molecule has 0 unspecified atom stereocenters. The lowest BCUT2D eigenvalue weighted by Gasteiger charge is -2.51. The minimum absolute atomic E-state index is 0.0250. The Hall–Kier alpha value is -4.48. The van der Waals surface area contributed by atoms with Gasteiger partial charge in [0.1, 0.15) is 6.10 Å². The summed E-state index contributed by atoms with van der Waals surface area (Å²) in [5.41, 5.74) is -0.560. The molecule has 0 aliphatic carbocycles. The topological polar surface area (TPSA) is 206 Å². The van der Waals surface area contributed by atoms with Crippen molar-refractivity contribution in [1.29, 1.82) is 0 Å². The number of aliphatic hydroxyl groups excluding tert-OH is 2. The molecule has 4 N–H and O–H groups in total. The van der Waals surface area contributed by atoms with E-state index in [0.29, 0.717) is 30.7 Å². The van der Waals surface area contributed by atoms with Crippen LogP contribution in [0.15, 0.2) is 78.4 Å². The molecule has 3 saturated heterocycles. The predicted octanol–water partition coefficient (Wildman–Crippen LogP) is 4.53. The summed E-state index contributed by atoms with van der Waals surface area (Å²) in [6.45, 7) is 3.09. The second-order valence-corrected chi connectivity index (χ2v) is 16.1. The van der Waals surface area contributed by atoms with E-state index >= 15 is 0 Å². The predicted molar refractivity (Wildman–Crippen MR) is 211 cm³/mol. The summed E-state index contributed by atoms with van der Waals surface area (Å²) in [5.74, 6) is -5.26. The average molecular weight is 822 g/mol. The van der Waals surface area contributed by atoms with E-state index in [-0.39, 0.29) is 55.1 Å². The van der Waals surface area contributed by atoms with Gasteiger partial charge >= 0.3 is 17.9 Å². The van der Waals surface area contributed by atoms with Gasteiger partial charge in [-0.05, 0) is 80.5 Å². The number of benzene rings is 2. The highest BCUT2D eigenvalue weighted by molar-refractivity contribution is 6.04. The molecule has 4 aliphatic rings. The number of esters is 3. The van der Waals surface area contributed by atoms with Crippen molar-refractivity contribution in [2.45, 2.75) is 126 Å². The summed E-state index contributed by atoms with van der Waals surface area (Å²) in [4.78, 5) is 52.9. The van der Waals surface area contributed by atoms with Crippen molar-refractivity contribution in [3.63, 3.8) is 0 Å². The van der Waals surface area contributed by atoms with Crippen molar-refractivity contribution in [3.8, 4) is 0 Å². The summed E-state index contributed by atoms with van der Waals surface area (Å²) in [6.07, 6.45) is 1.55. The summed E-state index contributed by atoms with van der Waals surface area (Å²) in [6, 6.07) is 14.6. The lowest BCUT2D eigenvalue weighted by atomic mass is 9.74. The number of cyclic esters (lactones) is 1. The number of carbonyl (C=O) groups excluding carboxylic acids is 4. The lowest BCUT2D eigenvalue weighted by Crippen LogP contribution is -2.62. The molecule has 4 aliphatic heterocycles. The number of nitrogens with one attached hydrogen (secondary N) is 1. The molecular weight excluding hydrogens is 766 g/mol. The molecule has 6 rings (SSSR count). The first-order chi connectivity index (χ1) is 28.2. The number of rotatable bonds is 6. The van der Waals surface area contributed by atoms with Crippen LogP contribution in [0.25, 0.3) is 0 Å². The van der Waals surface area contributed by atoms with Gasteiger partial charge in [-0.1, -0.05) is 44.2 Å². The van der Waals surface area contributed by atoms with Crippen molar-refractivity contribution < 1.29 is 67.7 Å². The number of carbonyl (C=O) groups is 4. The van der Waals surface area contributed by atoms with E-state index < -0.39 is 72.3 Å². The van der Waals surface area contributed by atoms with Crippen LogP contribution in [0.5, 0.6) is 0 Å². The van der Waals surface area contributed by atoms with E-state index in [2.05, 4.69) is 5.32 Å². The first kappa shape index (κ1) is 44.1. The molecule has 0 saturated carbocycles. The Morgan fingerprint density at radius 3 is 2.39 bits per heavy atom. The van der Waals surface area contributed by atoms with Gasteiger partial charge in [0.15, 0.2) is 12.4 Å². The zero-order valence-corrected chi connectivity index (χ0v) is 33.7. The molecule has 9 atom stereocenters. The van der Waals surface area contributed by atoms with Crippen molar-refractivity contribution in [2.24, 2.45) is 5.41 Å². The maximum absolute atomic E-state index is 14.0. The molecule has 0 radical (unpaired) electrons. The molecule has 0 aromatic heterocycles. The number of fused-ring (bicyclic) bond motifs is 6. The Morgan fingerprint density at radius 2 is 1.64 bits per heavy atom. The fourth-order valence-electron chi connectivity index (χ4n) is 8.01. The molecule has 0 spiro atoms. The van der Waals surface area contributed by atoms with Crippen LogP contribution in [0.1, 0.15) is 92.4 Å². The number of hydrogen-bond acceptors (Lipinski definition) is 14. The lowest BCUT2D eigenvalue weighted by molar-refractivity contribution is -0.324. The monoisotopic (exact) mass is 821 g/mol. The number of methoxy groups -OCH3 is 1. The quantitative estimate of drug-likeness (QED) is 0.137. The number of aliphatic hydroxyl groups is 3. The van der Waals surface area contributed by atoms with Crippen molar-refractivity contribution in [2.75, 3.05) is 25.6 Å². The van der Waals surface area contributed by atoms with E-state index in [4.69, 9.17) is 33.2 Å². The Kier molecular flexibility index (Phi) is 14.7. The van der Waals surface area contributed by atoms with E-state index in [1.165, 1.54) is 19.2 Å². The van der Waals surface area contributed by atoms with Gasteiger partial charge in [-0.2, -0.15) is 0 Å². The van der Waals surface area contributed by atoms with E-state index in [9.17, 15) is 34.5 Å². The number of hydrogen-bond donors (Lipinski definition) is 4. The van der Waals surface area contributed by atoms with Gasteiger partial charge in [-0.15, -0.1) is 0 Å². The molecule has 2 aromatic carbocycles.